The van der Waals surface area contributed by atoms with Gasteiger partial charge in [-0.25, -0.2) is 9.59 Å². The molecule has 152 valence electrons. The van der Waals surface area contributed by atoms with Gasteiger partial charge in [0.2, 0.25) is 0 Å². The second-order valence-corrected chi connectivity index (χ2v) is 7.21. The van der Waals surface area contributed by atoms with Crippen molar-refractivity contribution in [1.29, 1.82) is 0 Å². The van der Waals surface area contributed by atoms with Crippen molar-refractivity contribution in [2.24, 2.45) is 5.73 Å². The Hall–Kier alpha value is -3.19. The van der Waals surface area contributed by atoms with Crippen molar-refractivity contribution in [2.45, 2.75) is 44.5 Å². The molecule has 0 aromatic heterocycles. The van der Waals surface area contributed by atoms with Gasteiger partial charge in [0.05, 0.1) is 6.04 Å². The van der Waals surface area contributed by atoms with Crippen LogP contribution in [0.25, 0.3) is 0 Å². The fourth-order valence-corrected chi connectivity index (χ4v) is 3.62. The lowest BCUT2D eigenvalue weighted by atomic mass is 10.0. The van der Waals surface area contributed by atoms with Gasteiger partial charge in [0.15, 0.2) is 11.8 Å². The van der Waals surface area contributed by atoms with Gasteiger partial charge in [0, 0.05) is 6.04 Å². The predicted molar refractivity (Wildman–Crippen MR) is 106 cm³/mol. The minimum absolute atomic E-state index is 0.0193. The van der Waals surface area contributed by atoms with Crippen LogP contribution in [0.2, 0.25) is 0 Å². The first-order valence-corrected chi connectivity index (χ1v) is 9.46. The van der Waals surface area contributed by atoms with Gasteiger partial charge in [-0.2, -0.15) is 0 Å². The van der Waals surface area contributed by atoms with Gasteiger partial charge in [-0.05, 0) is 36.5 Å². The van der Waals surface area contributed by atoms with E-state index >= 15 is 0 Å². The first-order chi connectivity index (χ1) is 13.9. The van der Waals surface area contributed by atoms with Gasteiger partial charge in [-0.15, -0.1) is 0 Å². The third-order valence-electron chi connectivity index (χ3n) is 5.07. The Balaban J connectivity index is 1.87. The van der Waals surface area contributed by atoms with Crippen LogP contribution in [0, 0.1) is 0 Å². The number of rotatable bonds is 7. The third-order valence-corrected chi connectivity index (χ3v) is 5.07. The number of hydrogen-bond acceptors (Lipinski definition) is 5. The lowest BCUT2D eigenvalue weighted by Crippen LogP contribution is -2.58. The summed E-state index contributed by atoms with van der Waals surface area (Å²) in [7, 11) is 0. The van der Waals surface area contributed by atoms with Crippen molar-refractivity contribution in [3.05, 3.63) is 71.3 Å². The van der Waals surface area contributed by atoms with Gasteiger partial charge < -0.3 is 15.6 Å². The van der Waals surface area contributed by atoms with Crippen LogP contribution >= 0.6 is 0 Å². The van der Waals surface area contributed by atoms with E-state index in [1.165, 1.54) is 6.92 Å². The highest BCUT2D eigenvalue weighted by Gasteiger charge is 2.43. The summed E-state index contributed by atoms with van der Waals surface area (Å²) in [5.74, 6) is -2.15. The highest BCUT2D eigenvalue weighted by Crippen LogP contribution is 2.28. The van der Waals surface area contributed by atoms with E-state index in [1.54, 1.807) is 12.1 Å². The number of carbonyl (C=O) groups excluding carboxylic acids is 2. The Bertz CT molecular complexity index is 872. The van der Waals surface area contributed by atoms with Crippen LogP contribution in [0.4, 0.5) is 4.79 Å². The zero-order valence-electron chi connectivity index (χ0n) is 16.2. The van der Waals surface area contributed by atoms with Gasteiger partial charge in [-0.1, -0.05) is 54.6 Å². The molecule has 0 aliphatic heterocycles. The molecule has 29 heavy (non-hydrogen) atoms. The van der Waals surface area contributed by atoms with Crippen molar-refractivity contribution in [3.63, 3.8) is 0 Å². The van der Waals surface area contributed by atoms with Gasteiger partial charge in [-0.3, -0.25) is 9.69 Å². The molecule has 0 fully saturated rings. The average molecular weight is 396 g/mol. The molecule has 2 aromatic carbocycles. The van der Waals surface area contributed by atoms with Crippen molar-refractivity contribution >= 4 is 17.8 Å². The van der Waals surface area contributed by atoms with E-state index in [-0.39, 0.29) is 6.61 Å². The molecule has 3 N–H and O–H groups in total. The summed E-state index contributed by atoms with van der Waals surface area (Å²) < 4.78 is 5.39. The molecule has 7 heteroatoms. The van der Waals surface area contributed by atoms with E-state index in [9.17, 15) is 19.5 Å². The largest absolute Gasteiger partial charge is 0.479 e. The molecule has 2 atom stereocenters. The molecule has 0 bridgehead atoms. The molecule has 2 aromatic rings. The van der Waals surface area contributed by atoms with Crippen LogP contribution in [0.5, 0.6) is 0 Å². The maximum atomic E-state index is 13.0. The first kappa shape index (κ1) is 20.5. The van der Waals surface area contributed by atoms with E-state index < -0.39 is 36.0 Å². The molecule has 0 radical (unpaired) electrons. The molecule has 0 heterocycles. The number of carbonyl (C=O) groups is 3. The van der Waals surface area contributed by atoms with E-state index in [0.717, 1.165) is 21.6 Å². The molecule has 1 amide bonds. The van der Waals surface area contributed by atoms with E-state index in [1.807, 2.05) is 42.5 Å². The normalized spacial score (nSPS) is 15.2. The molecule has 3 rings (SSSR count). The SMILES string of the molecule is C[C@H](N)C(=O)C(C(=O)O)N(C(=O)OCc1ccccc1)C1Cc2ccccc2C1. The second kappa shape index (κ2) is 8.87. The second-order valence-electron chi connectivity index (χ2n) is 7.21. The van der Waals surface area contributed by atoms with Gasteiger partial charge in [0.1, 0.15) is 6.61 Å². The smallest absolute Gasteiger partial charge is 0.411 e. The highest BCUT2D eigenvalue weighted by molar-refractivity contribution is 6.06. The third kappa shape index (κ3) is 4.63. The number of amides is 1. The first-order valence-electron chi connectivity index (χ1n) is 9.46. The van der Waals surface area contributed by atoms with Crippen LogP contribution in [0.15, 0.2) is 54.6 Å². The Kier molecular flexibility index (Phi) is 6.29. The summed E-state index contributed by atoms with van der Waals surface area (Å²) >= 11 is 0. The number of Topliss-reactive ketones (excluding diaryl/α,β-unsaturated/α-hetero) is 1. The lowest BCUT2D eigenvalue weighted by Gasteiger charge is -2.33. The minimum Gasteiger partial charge on any atom is -0.479 e. The summed E-state index contributed by atoms with van der Waals surface area (Å²) in [5, 5.41) is 9.75. The number of carboxylic acids is 1. The summed E-state index contributed by atoms with van der Waals surface area (Å²) in [6.07, 6.45) is 0.0623. The number of carboxylic acid groups (broad SMARTS) is 1. The Morgan fingerprint density at radius 1 is 1.07 bits per heavy atom. The van der Waals surface area contributed by atoms with Crippen LogP contribution in [0.1, 0.15) is 23.6 Å². The highest BCUT2D eigenvalue weighted by atomic mass is 16.6. The van der Waals surface area contributed by atoms with Gasteiger partial charge >= 0.3 is 12.1 Å². The molecule has 1 aliphatic rings. The number of aliphatic carboxylic acids is 1. The van der Waals surface area contributed by atoms with Crippen LogP contribution in [-0.4, -0.2) is 46.0 Å². The standard InChI is InChI=1S/C22H24N2O5/c1-14(23)20(25)19(21(26)27)24(18-11-16-9-5-6-10-17(16)12-18)22(28)29-13-15-7-3-2-4-8-15/h2-10,14,18-19H,11-13,23H2,1H3,(H,26,27)/t14-,19?/m0/s1. The Morgan fingerprint density at radius 2 is 1.62 bits per heavy atom. The zero-order chi connectivity index (χ0) is 21.0. The number of nitrogens with two attached hydrogens (primary N) is 1. The number of ketones is 1. The van der Waals surface area contributed by atoms with Crippen LogP contribution in [0.3, 0.4) is 0 Å². The van der Waals surface area contributed by atoms with Crippen LogP contribution in [-0.2, 0) is 33.8 Å². The monoisotopic (exact) mass is 396 g/mol. The fraction of sp³-hybridized carbons (Fsp3) is 0.318. The van der Waals surface area contributed by atoms with Crippen molar-refractivity contribution in [2.75, 3.05) is 0 Å². The van der Waals surface area contributed by atoms with E-state index in [4.69, 9.17) is 10.5 Å². The maximum Gasteiger partial charge on any atom is 0.411 e. The zero-order valence-corrected chi connectivity index (χ0v) is 16.2. The number of hydrogen-bond donors (Lipinski definition) is 2. The molecule has 1 unspecified atom stereocenters. The van der Waals surface area contributed by atoms with E-state index in [0.29, 0.717) is 12.8 Å². The molecular weight excluding hydrogens is 372 g/mol. The predicted octanol–water partition coefficient (Wildman–Crippen LogP) is 2.16. The number of ether oxygens (including phenoxy) is 1. The van der Waals surface area contributed by atoms with Crippen molar-refractivity contribution in [1.82, 2.24) is 4.90 Å². The number of fused-ring (bicyclic) bond motifs is 1. The molecule has 0 spiro atoms. The van der Waals surface area contributed by atoms with Gasteiger partial charge in [0.25, 0.3) is 0 Å². The Morgan fingerprint density at radius 3 is 2.14 bits per heavy atom. The molecule has 0 saturated carbocycles. The minimum atomic E-state index is -1.70. The van der Waals surface area contributed by atoms with Crippen LogP contribution < -0.4 is 5.73 Å². The summed E-state index contributed by atoms with van der Waals surface area (Å²) in [6, 6.07) is 13.5. The molecule has 7 nitrogen and oxygen atoms in total. The van der Waals surface area contributed by atoms with Crippen molar-refractivity contribution < 1.29 is 24.2 Å². The number of nitrogens with zero attached hydrogens (tertiary/aromatic N) is 1. The fourth-order valence-electron chi connectivity index (χ4n) is 3.62. The summed E-state index contributed by atoms with van der Waals surface area (Å²) in [5.41, 5.74) is 8.48. The van der Waals surface area contributed by atoms with E-state index in [2.05, 4.69) is 0 Å². The molecule has 0 saturated heterocycles. The topological polar surface area (TPSA) is 110 Å². The quantitative estimate of drug-likeness (QED) is 0.694. The molecule has 1 aliphatic carbocycles. The average Bonchev–Trinajstić information content (AvgIpc) is 3.13. The number of benzene rings is 2. The van der Waals surface area contributed by atoms with Crippen molar-refractivity contribution in [3.8, 4) is 0 Å². The maximum absolute atomic E-state index is 13.0. The lowest BCUT2D eigenvalue weighted by molar-refractivity contribution is -0.149. The summed E-state index contributed by atoms with van der Waals surface area (Å²) in [6.45, 7) is 1.39. The molecular formula is C22H24N2O5. The summed E-state index contributed by atoms with van der Waals surface area (Å²) in [4.78, 5) is 38.6. The Labute approximate surface area is 169 Å².